The van der Waals surface area contributed by atoms with Crippen LogP contribution >= 0.6 is 27.3 Å². The first-order valence-corrected chi connectivity index (χ1v) is 13.6. The third-order valence-corrected chi connectivity index (χ3v) is 7.64. The van der Waals surface area contributed by atoms with Gasteiger partial charge >= 0.3 is 5.97 Å². The number of hydrogen-bond donors (Lipinski definition) is 0. The van der Waals surface area contributed by atoms with Gasteiger partial charge in [-0.15, -0.1) is 0 Å². The maximum atomic E-state index is 13.9. The number of allylic oxidation sites excluding steroid dienone is 1. The van der Waals surface area contributed by atoms with Gasteiger partial charge in [-0.1, -0.05) is 17.4 Å². The minimum absolute atomic E-state index is 0.113. The Bertz CT molecular complexity index is 1640. The number of fused-ring (bicyclic) bond motifs is 2. The molecular weight excluding hydrogens is 576 g/mol. The van der Waals surface area contributed by atoms with E-state index in [4.69, 9.17) is 23.7 Å². The molecule has 0 amide bonds. The normalized spacial score (nSPS) is 16.2. The van der Waals surface area contributed by atoms with E-state index in [0.29, 0.717) is 60.2 Å². The molecule has 9 nitrogen and oxygen atoms in total. The molecule has 0 bridgehead atoms. The van der Waals surface area contributed by atoms with Crippen LogP contribution in [0.1, 0.15) is 37.9 Å². The van der Waals surface area contributed by atoms with Crippen molar-refractivity contribution in [3.8, 4) is 23.0 Å². The molecule has 1 aromatic heterocycles. The van der Waals surface area contributed by atoms with Crippen molar-refractivity contribution in [2.24, 2.45) is 4.99 Å². The third kappa shape index (κ3) is 4.60. The summed E-state index contributed by atoms with van der Waals surface area (Å²) in [5.41, 5.74) is 1.93. The summed E-state index contributed by atoms with van der Waals surface area (Å²) in [6.07, 6.45) is 1.77. The fourth-order valence-corrected chi connectivity index (χ4v) is 6.07. The highest BCUT2D eigenvalue weighted by Gasteiger charge is 2.34. The van der Waals surface area contributed by atoms with Gasteiger partial charge in [0.15, 0.2) is 27.8 Å². The minimum Gasteiger partial charge on any atom is -0.493 e. The smallest absolute Gasteiger partial charge is 0.338 e. The second-order valence-corrected chi connectivity index (χ2v) is 10.2. The number of aromatic nitrogens is 1. The van der Waals surface area contributed by atoms with E-state index in [1.165, 1.54) is 15.9 Å². The molecule has 3 heterocycles. The van der Waals surface area contributed by atoms with E-state index in [2.05, 4.69) is 20.9 Å². The second kappa shape index (κ2) is 10.7. The van der Waals surface area contributed by atoms with Crippen LogP contribution in [0, 0.1) is 0 Å². The van der Waals surface area contributed by atoms with E-state index in [-0.39, 0.29) is 19.0 Å². The summed E-state index contributed by atoms with van der Waals surface area (Å²) in [7, 11) is 1.56. The lowest BCUT2D eigenvalue weighted by Crippen LogP contribution is -2.39. The summed E-state index contributed by atoms with van der Waals surface area (Å²) in [6, 6.07) is 8.30. The van der Waals surface area contributed by atoms with E-state index in [1.54, 1.807) is 45.2 Å². The summed E-state index contributed by atoms with van der Waals surface area (Å²) in [6.45, 7) is 6.17. The van der Waals surface area contributed by atoms with Crippen LogP contribution < -0.4 is 33.8 Å². The van der Waals surface area contributed by atoms with Crippen molar-refractivity contribution >= 4 is 39.3 Å². The van der Waals surface area contributed by atoms with Gasteiger partial charge in [-0.05, 0) is 78.2 Å². The zero-order valence-corrected chi connectivity index (χ0v) is 23.6. The monoisotopic (exact) mass is 600 g/mol. The molecular formula is C27H25BrN2O7S. The van der Waals surface area contributed by atoms with Gasteiger partial charge in [-0.25, -0.2) is 9.79 Å². The van der Waals surface area contributed by atoms with Crippen molar-refractivity contribution in [1.82, 2.24) is 4.57 Å². The van der Waals surface area contributed by atoms with Crippen LogP contribution in [-0.2, 0) is 9.53 Å². The van der Waals surface area contributed by atoms with Gasteiger partial charge in [0, 0.05) is 0 Å². The first-order chi connectivity index (χ1) is 18.4. The number of benzene rings is 2. The number of thiazole rings is 1. The quantitative estimate of drug-likeness (QED) is 0.381. The molecule has 0 N–H and O–H groups in total. The van der Waals surface area contributed by atoms with Gasteiger partial charge in [0.05, 0.1) is 46.6 Å². The molecule has 5 rings (SSSR count). The Morgan fingerprint density at radius 1 is 1.21 bits per heavy atom. The number of carbonyl (C=O) groups is 1. The van der Waals surface area contributed by atoms with Gasteiger partial charge in [0.2, 0.25) is 6.79 Å². The molecule has 2 aliphatic rings. The highest BCUT2D eigenvalue weighted by Crippen LogP contribution is 2.39. The van der Waals surface area contributed by atoms with Crippen molar-refractivity contribution in [3.05, 3.63) is 76.9 Å². The Labute approximate surface area is 230 Å². The fraction of sp³-hybridized carbons (Fsp3) is 0.296. The average Bonchev–Trinajstić information content (AvgIpc) is 3.48. The topological polar surface area (TPSA) is 97.6 Å². The van der Waals surface area contributed by atoms with Gasteiger partial charge in [0.25, 0.3) is 5.56 Å². The van der Waals surface area contributed by atoms with Crippen LogP contribution in [0.25, 0.3) is 6.08 Å². The minimum atomic E-state index is -0.747. The van der Waals surface area contributed by atoms with Gasteiger partial charge in [-0.3, -0.25) is 9.36 Å². The van der Waals surface area contributed by atoms with E-state index in [0.717, 1.165) is 5.56 Å². The zero-order chi connectivity index (χ0) is 27.0. The number of hydrogen-bond acceptors (Lipinski definition) is 9. The summed E-state index contributed by atoms with van der Waals surface area (Å²) in [5, 5.41) is 0. The largest absolute Gasteiger partial charge is 0.493 e. The Morgan fingerprint density at radius 2 is 2.00 bits per heavy atom. The molecule has 3 aromatic rings. The molecule has 2 aliphatic heterocycles. The predicted octanol–water partition coefficient (Wildman–Crippen LogP) is 3.70. The number of methoxy groups -OCH3 is 1. The van der Waals surface area contributed by atoms with E-state index >= 15 is 0 Å². The maximum absolute atomic E-state index is 13.9. The van der Waals surface area contributed by atoms with Crippen LogP contribution in [0.3, 0.4) is 0 Å². The number of rotatable bonds is 7. The lowest BCUT2D eigenvalue weighted by molar-refractivity contribution is -0.139. The lowest BCUT2D eigenvalue weighted by Gasteiger charge is -2.24. The molecule has 0 aliphatic carbocycles. The van der Waals surface area contributed by atoms with E-state index in [9.17, 15) is 9.59 Å². The van der Waals surface area contributed by atoms with Gasteiger partial charge in [-0.2, -0.15) is 0 Å². The highest BCUT2D eigenvalue weighted by molar-refractivity contribution is 9.10. The molecule has 0 spiro atoms. The molecule has 0 saturated heterocycles. The number of halogens is 1. The summed E-state index contributed by atoms with van der Waals surface area (Å²) >= 11 is 4.78. The van der Waals surface area contributed by atoms with Crippen molar-refractivity contribution in [1.29, 1.82) is 0 Å². The Balaban J connectivity index is 1.69. The molecule has 0 radical (unpaired) electrons. The average molecular weight is 601 g/mol. The molecule has 38 heavy (non-hydrogen) atoms. The maximum Gasteiger partial charge on any atom is 0.338 e. The number of nitrogens with zero attached hydrogens (tertiary/aromatic N) is 2. The van der Waals surface area contributed by atoms with Crippen LogP contribution in [0.2, 0.25) is 0 Å². The molecule has 1 atom stereocenters. The molecule has 2 aromatic carbocycles. The Kier molecular flexibility index (Phi) is 7.31. The van der Waals surface area contributed by atoms with Crippen LogP contribution in [-0.4, -0.2) is 37.7 Å². The van der Waals surface area contributed by atoms with Crippen molar-refractivity contribution in [2.45, 2.75) is 26.8 Å². The summed E-state index contributed by atoms with van der Waals surface area (Å²) < 4.78 is 30.3. The third-order valence-electron chi connectivity index (χ3n) is 6.07. The summed E-state index contributed by atoms with van der Waals surface area (Å²) in [5.74, 6) is 1.76. The fourth-order valence-electron chi connectivity index (χ4n) is 4.45. The predicted molar refractivity (Wildman–Crippen MR) is 145 cm³/mol. The van der Waals surface area contributed by atoms with Crippen molar-refractivity contribution in [2.75, 3.05) is 27.1 Å². The molecule has 0 unspecified atom stereocenters. The number of esters is 1. The molecule has 11 heteroatoms. The molecule has 198 valence electrons. The van der Waals surface area contributed by atoms with Crippen LogP contribution in [0.5, 0.6) is 23.0 Å². The van der Waals surface area contributed by atoms with Gasteiger partial charge < -0.3 is 23.7 Å². The molecule has 0 saturated carbocycles. The van der Waals surface area contributed by atoms with Crippen molar-refractivity contribution in [3.63, 3.8) is 0 Å². The van der Waals surface area contributed by atoms with Crippen molar-refractivity contribution < 1.29 is 28.5 Å². The standard InChI is InChI=1S/C27H25BrN2O7S/c1-5-34-24-17(28)9-15(10-20(24)33-4)11-21-25(31)30-23(16-7-8-18-19(12-16)37-13-36-18)22(26(32)35-6-2)14(3)29-27(30)38-21/h7-12,23H,5-6,13H2,1-4H3/b21-11-/t23-/m1/s1. The highest BCUT2D eigenvalue weighted by atomic mass is 79.9. The first-order valence-electron chi connectivity index (χ1n) is 12.0. The van der Waals surface area contributed by atoms with Crippen LogP contribution in [0.4, 0.5) is 0 Å². The number of carbonyl (C=O) groups excluding carboxylic acids is 1. The zero-order valence-electron chi connectivity index (χ0n) is 21.2. The summed E-state index contributed by atoms with van der Waals surface area (Å²) in [4.78, 5) is 32.1. The Hall–Kier alpha value is -3.57. The SMILES string of the molecule is CCOC(=O)C1=C(C)N=c2s/c(=C\c3cc(Br)c(OCC)c(OC)c3)c(=O)n2[C@@H]1c1ccc2c(c1)OCO2. The van der Waals surface area contributed by atoms with E-state index in [1.807, 2.05) is 19.1 Å². The number of ether oxygens (including phenoxy) is 5. The van der Waals surface area contributed by atoms with E-state index < -0.39 is 12.0 Å². The Morgan fingerprint density at radius 3 is 2.74 bits per heavy atom. The second-order valence-electron chi connectivity index (χ2n) is 8.38. The van der Waals surface area contributed by atoms with Crippen LogP contribution in [0.15, 0.2) is 55.9 Å². The van der Waals surface area contributed by atoms with Gasteiger partial charge in [0.1, 0.15) is 0 Å². The lowest BCUT2D eigenvalue weighted by atomic mass is 9.95. The molecule has 0 fully saturated rings. The first kappa shape index (κ1) is 26.1.